The molecule has 0 aromatic carbocycles. The molecule has 19 heavy (non-hydrogen) atoms. The second-order valence-electron chi connectivity index (χ2n) is 4.57. The second kappa shape index (κ2) is 8.08. The first-order valence-electron chi connectivity index (χ1n) is 6.46. The summed E-state index contributed by atoms with van der Waals surface area (Å²) in [5.74, 6) is -0.206. The minimum absolute atomic E-state index is 0.0611. The van der Waals surface area contributed by atoms with Crippen LogP contribution in [0, 0.1) is 0 Å². The van der Waals surface area contributed by atoms with E-state index in [1.165, 1.54) is 4.90 Å². The Labute approximate surface area is 113 Å². The SMILES string of the molecule is COCCN1CCNC(CC(=O)N(C)CCO)C1=O. The molecule has 1 aliphatic heterocycles. The van der Waals surface area contributed by atoms with Crippen molar-refractivity contribution < 1.29 is 19.4 Å². The Balaban J connectivity index is 2.48. The van der Waals surface area contributed by atoms with E-state index in [1.807, 2.05) is 0 Å². The number of likely N-dealkylation sites (N-methyl/N-ethyl adjacent to an activating group) is 1. The number of rotatable bonds is 7. The van der Waals surface area contributed by atoms with Gasteiger partial charge in [-0.25, -0.2) is 0 Å². The molecule has 0 aromatic rings. The van der Waals surface area contributed by atoms with Gasteiger partial charge in [0.2, 0.25) is 11.8 Å². The van der Waals surface area contributed by atoms with Crippen LogP contribution in [0.1, 0.15) is 6.42 Å². The minimum Gasteiger partial charge on any atom is -0.395 e. The third-order valence-electron chi connectivity index (χ3n) is 3.19. The predicted molar refractivity (Wildman–Crippen MR) is 69.6 cm³/mol. The number of methoxy groups -OCH3 is 1. The highest BCUT2D eigenvalue weighted by Gasteiger charge is 2.30. The molecule has 2 amide bonds. The van der Waals surface area contributed by atoms with Crippen molar-refractivity contribution in [1.29, 1.82) is 0 Å². The highest BCUT2D eigenvalue weighted by atomic mass is 16.5. The number of aliphatic hydroxyl groups excluding tert-OH is 1. The first-order valence-corrected chi connectivity index (χ1v) is 6.46. The van der Waals surface area contributed by atoms with E-state index in [0.717, 1.165) is 0 Å². The standard InChI is InChI=1S/C12H23N3O4/c1-14(5-7-16)11(17)9-10-12(18)15(4-3-13-10)6-8-19-2/h10,13,16H,3-9H2,1-2H3. The van der Waals surface area contributed by atoms with Crippen LogP contribution in [0.2, 0.25) is 0 Å². The van der Waals surface area contributed by atoms with Crippen molar-refractivity contribution in [2.75, 3.05) is 53.6 Å². The Hall–Kier alpha value is -1.18. The van der Waals surface area contributed by atoms with Gasteiger partial charge in [0, 0.05) is 40.3 Å². The van der Waals surface area contributed by atoms with Crippen LogP contribution >= 0.6 is 0 Å². The van der Waals surface area contributed by atoms with Gasteiger partial charge in [0.1, 0.15) is 0 Å². The Kier molecular flexibility index (Phi) is 6.75. The predicted octanol–water partition coefficient (Wildman–Crippen LogP) is -1.73. The van der Waals surface area contributed by atoms with Crippen molar-refractivity contribution >= 4 is 11.8 Å². The van der Waals surface area contributed by atoms with Gasteiger partial charge in [0.15, 0.2) is 0 Å². The molecule has 1 aliphatic rings. The fourth-order valence-electron chi connectivity index (χ4n) is 1.98. The average Bonchev–Trinajstić information content (AvgIpc) is 2.40. The molecule has 0 aromatic heterocycles. The van der Waals surface area contributed by atoms with Gasteiger partial charge in [-0.2, -0.15) is 0 Å². The molecule has 0 saturated carbocycles. The summed E-state index contributed by atoms with van der Waals surface area (Å²) in [5, 5.41) is 11.8. The number of nitrogens with zero attached hydrogens (tertiary/aromatic N) is 2. The summed E-state index contributed by atoms with van der Waals surface area (Å²) in [6.45, 7) is 2.57. The van der Waals surface area contributed by atoms with Crippen molar-refractivity contribution in [1.82, 2.24) is 15.1 Å². The first-order chi connectivity index (χ1) is 9.10. The molecule has 0 aliphatic carbocycles. The molecule has 0 radical (unpaired) electrons. The van der Waals surface area contributed by atoms with Crippen molar-refractivity contribution in [3.05, 3.63) is 0 Å². The third-order valence-corrected chi connectivity index (χ3v) is 3.19. The lowest BCUT2D eigenvalue weighted by Crippen LogP contribution is -2.56. The number of ether oxygens (including phenoxy) is 1. The molecular weight excluding hydrogens is 250 g/mol. The summed E-state index contributed by atoms with van der Waals surface area (Å²) in [6, 6.07) is -0.473. The molecule has 1 rings (SSSR count). The smallest absolute Gasteiger partial charge is 0.240 e. The maximum atomic E-state index is 12.1. The summed E-state index contributed by atoms with van der Waals surface area (Å²) in [6.07, 6.45) is 0.124. The van der Waals surface area contributed by atoms with E-state index in [9.17, 15) is 9.59 Å². The van der Waals surface area contributed by atoms with Gasteiger partial charge in [-0.3, -0.25) is 9.59 Å². The van der Waals surface area contributed by atoms with Gasteiger partial charge in [-0.15, -0.1) is 0 Å². The summed E-state index contributed by atoms with van der Waals surface area (Å²) in [4.78, 5) is 27.1. The van der Waals surface area contributed by atoms with E-state index < -0.39 is 6.04 Å². The van der Waals surface area contributed by atoms with Gasteiger partial charge in [0.25, 0.3) is 0 Å². The van der Waals surface area contributed by atoms with Crippen LogP contribution in [0.3, 0.4) is 0 Å². The molecule has 1 heterocycles. The zero-order valence-electron chi connectivity index (χ0n) is 11.6. The fraction of sp³-hybridized carbons (Fsp3) is 0.833. The zero-order valence-corrected chi connectivity index (χ0v) is 11.6. The summed E-state index contributed by atoms with van der Waals surface area (Å²) >= 11 is 0. The summed E-state index contributed by atoms with van der Waals surface area (Å²) in [7, 11) is 3.21. The quantitative estimate of drug-likeness (QED) is 0.576. The highest BCUT2D eigenvalue weighted by molar-refractivity contribution is 5.88. The van der Waals surface area contributed by atoms with Crippen molar-refractivity contribution in [2.24, 2.45) is 0 Å². The van der Waals surface area contributed by atoms with Gasteiger partial charge in [-0.1, -0.05) is 0 Å². The number of carbonyl (C=O) groups is 2. The molecule has 0 bridgehead atoms. The van der Waals surface area contributed by atoms with E-state index in [4.69, 9.17) is 9.84 Å². The van der Waals surface area contributed by atoms with Crippen LogP contribution in [-0.4, -0.2) is 86.3 Å². The van der Waals surface area contributed by atoms with Crippen molar-refractivity contribution in [3.63, 3.8) is 0 Å². The maximum absolute atomic E-state index is 12.1. The number of hydrogen-bond donors (Lipinski definition) is 2. The second-order valence-corrected chi connectivity index (χ2v) is 4.57. The Morgan fingerprint density at radius 2 is 2.37 bits per heavy atom. The molecule has 7 nitrogen and oxygen atoms in total. The van der Waals surface area contributed by atoms with E-state index in [-0.39, 0.29) is 31.4 Å². The Morgan fingerprint density at radius 1 is 1.63 bits per heavy atom. The monoisotopic (exact) mass is 273 g/mol. The lowest BCUT2D eigenvalue weighted by atomic mass is 10.1. The molecular formula is C12H23N3O4. The number of amides is 2. The molecule has 1 fully saturated rings. The van der Waals surface area contributed by atoms with E-state index >= 15 is 0 Å². The van der Waals surface area contributed by atoms with Crippen LogP contribution in [0.25, 0.3) is 0 Å². The molecule has 1 saturated heterocycles. The van der Waals surface area contributed by atoms with Gasteiger partial charge >= 0.3 is 0 Å². The number of hydrogen-bond acceptors (Lipinski definition) is 5. The molecule has 2 N–H and O–H groups in total. The van der Waals surface area contributed by atoms with E-state index in [2.05, 4.69) is 5.32 Å². The van der Waals surface area contributed by atoms with Gasteiger partial charge in [-0.05, 0) is 0 Å². The van der Waals surface area contributed by atoms with Crippen LogP contribution in [0.15, 0.2) is 0 Å². The Bertz CT molecular complexity index is 311. The molecule has 1 unspecified atom stereocenters. The molecule has 0 spiro atoms. The number of carbonyl (C=O) groups excluding carboxylic acids is 2. The topological polar surface area (TPSA) is 82.1 Å². The van der Waals surface area contributed by atoms with Crippen LogP contribution in [0.5, 0.6) is 0 Å². The van der Waals surface area contributed by atoms with E-state index in [0.29, 0.717) is 26.2 Å². The number of piperazine rings is 1. The van der Waals surface area contributed by atoms with Crippen molar-refractivity contribution in [3.8, 4) is 0 Å². The highest BCUT2D eigenvalue weighted by Crippen LogP contribution is 2.06. The normalized spacial score (nSPS) is 19.6. The van der Waals surface area contributed by atoms with Crippen LogP contribution < -0.4 is 5.32 Å². The lowest BCUT2D eigenvalue weighted by molar-refractivity contribution is -0.141. The third kappa shape index (κ3) is 4.77. The fourth-order valence-corrected chi connectivity index (χ4v) is 1.98. The zero-order chi connectivity index (χ0) is 14.3. The lowest BCUT2D eigenvalue weighted by Gasteiger charge is -2.33. The van der Waals surface area contributed by atoms with Crippen LogP contribution in [0.4, 0.5) is 0 Å². The van der Waals surface area contributed by atoms with Gasteiger partial charge < -0.3 is 25.0 Å². The average molecular weight is 273 g/mol. The number of nitrogens with one attached hydrogen (secondary N) is 1. The van der Waals surface area contributed by atoms with Crippen LogP contribution in [-0.2, 0) is 14.3 Å². The van der Waals surface area contributed by atoms with E-state index in [1.54, 1.807) is 19.1 Å². The minimum atomic E-state index is -0.473. The van der Waals surface area contributed by atoms with Crippen molar-refractivity contribution in [2.45, 2.75) is 12.5 Å². The molecule has 7 heteroatoms. The summed E-state index contributed by atoms with van der Waals surface area (Å²) in [5.41, 5.74) is 0. The first kappa shape index (κ1) is 15.9. The van der Waals surface area contributed by atoms with Gasteiger partial charge in [0.05, 0.1) is 25.7 Å². The number of aliphatic hydroxyl groups is 1. The molecule has 110 valence electrons. The largest absolute Gasteiger partial charge is 0.395 e. The Morgan fingerprint density at radius 3 is 3.00 bits per heavy atom. The molecule has 1 atom stereocenters. The summed E-state index contributed by atoms with van der Waals surface area (Å²) < 4.78 is 4.96. The maximum Gasteiger partial charge on any atom is 0.240 e.